The van der Waals surface area contributed by atoms with Crippen LogP contribution in [0.2, 0.25) is 0 Å². The summed E-state index contributed by atoms with van der Waals surface area (Å²) in [5, 5.41) is 13.0. The zero-order valence-corrected chi connectivity index (χ0v) is 13.1. The second-order valence-corrected chi connectivity index (χ2v) is 5.97. The van der Waals surface area contributed by atoms with Gasteiger partial charge >= 0.3 is 5.97 Å². The van der Waals surface area contributed by atoms with E-state index >= 15 is 0 Å². The molecule has 0 radical (unpaired) electrons. The summed E-state index contributed by atoms with van der Waals surface area (Å²) in [4.78, 5) is 34.9. The van der Waals surface area contributed by atoms with Gasteiger partial charge in [-0.3, -0.25) is 19.7 Å². The number of benzene rings is 1. The van der Waals surface area contributed by atoms with E-state index < -0.39 is 10.9 Å². The standard InChI is InChI=1S/C15H14N2O5S/c1-10-2-7-13(23-10)15(19)16-8-14(18)22-9-11-3-5-12(6-4-11)17(20)21/h2-7H,8-9H2,1H3,(H,16,19). The Hall–Kier alpha value is -2.74. The summed E-state index contributed by atoms with van der Waals surface area (Å²) in [7, 11) is 0. The van der Waals surface area contributed by atoms with Gasteiger partial charge in [0, 0.05) is 17.0 Å². The number of esters is 1. The summed E-state index contributed by atoms with van der Waals surface area (Å²) in [6, 6.07) is 9.22. The Labute approximate surface area is 136 Å². The summed E-state index contributed by atoms with van der Waals surface area (Å²) in [6.45, 7) is 1.65. The highest BCUT2D eigenvalue weighted by Gasteiger charge is 2.11. The topological polar surface area (TPSA) is 98.5 Å². The van der Waals surface area contributed by atoms with Crippen molar-refractivity contribution in [2.45, 2.75) is 13.5 Å². The van der Waals surface area contributed by atoms with E-state index in [1.165, 1.54) is 35.6 Å². The van der Waals surface area contributed by atoms with Gasteiger partial charge in [0.2, 0.25) is 0 Å². The maximum Gasteiger partial charge on any atom is 0.325 e. The lowest BCUT2D eigenvalue weighted by atomic mass is 10.2. The van der Waals surface area contributed by atoms with E-state index in [9.17, 15) is 19.7 Å². The molecule has 2 rings (SSSR count). The molecule has 0 spiro atoms. The molecule has 1 aromatic carbocycles. The van der Waals surface area contributed by atoms with Crippen LogP contribution in [0.1, 0.15) is 20.1 Å². The van der Waals surface area contributed by atoms with Crippen molar-refractivity contribution >= 4 is 28.9 Å². The number of amides is 1. The van der Waals surface area contributed by atoms with Gasteiger partial charge in [0.15, 0.2) is 0 Å². The Morgan fingerprint density at radius 1 is 1.22 bits per heavy atom. The number of nitro groups is 1. The normalized spacial score (nSPS) is 10.1. The predicted octanol–water partition coefficient (Wildman–Crippen LogP) is 2.44. The van der Waals surface area contributed by atoms with Crippen molar-refractivity contribution in [2.75, 3.05) is 6.54 Å². The van der Waals surface area contributed by atoms with E-state index in [1.807, 2.05) is 13.0 Å². The molecule has 1 heterocycles. The van der Waals surface area contributed by atoms with Gasteiger partial charge in [-0.2, -0.15) is 0 Å². The number of rotatable bonds is 6. The van der Waals surface area contributed by atoms with Gasteiger partial charge in [0.1, 0.15) is 13.2 Å². The maximum absolute atomic E-state index is 11.8. The van der Waals surface area contributed by atoms with Crippen LogP contribution < -0.4 is 5.32 Å². The molecule has 23 heavy (non-hydrogen) atoms. The number of carbonyl (C=O) groups is 2. The van der Waals surface area contributed by atoms with E-state index in [1.54, 1.807) is 6.07 Å². The Bertz CT molecular complexity index is 724. The quantitative estimate of drug-likeness (QED) is 0.497. The van der Waals surface area contributed by atoms with Crippen molar-refractivity contribution in [2.24, 2.45) is 0 Å². The fourth-order valence-corrected chi connectivity index (χ4v) is 2.51. The summed E-state index contributed by atoms with van der Waals surface area (Å²) < 4.78 is 5.00. The van der Waals surface area contributed by atoms with Crippen molar-refractivity contribution in [3.63, 3.8) is 0 Å². The Balaban J connectivity index is 1.76. The van der Waals surface area contributed by atoms with E-state index in [0.717, 1.165) is 4.88 Å². The minimum absolute atomic E-state index is 0.00912. The van der Waals surface area contributed by atoms with Gasteiger partial charge in [0.05, 0.1) is 9.80 Å². The zero-order valence-electron chi connectivity index (χ0n) is 12.3. The molecule has 0 atom stereocenters. The van der Waals surface area contributed by atoms with Crippen LogP contribution in [0.4, 0.5) is 5.69 Å². The molecule has 1 aromatic heterocycles. The predicted molar refractivity (Wildman–Crippen MR) is 84.3 cm³/mol. The van der Waals surface area contributed by atoms with E-state index in [-0.39, 0.29) is 24.7 Å². The first kappa shape index (κ1) is 16.6. The number of hydrogen-bond donors (Lipinski definition) is 1. The summed E-state index contributed by atoms with van der Waals surface area (Å²) in [5.41, 5.74) is 0.600. The SMILES string of the molecule is Cc1ccc(C(=O)NCC(=O)OCc2ccc([N+](=O)[O-])cc2)s1. The molecule has 120 valence electrons. The number of nitrogens with zero attached hydrogens (tertiary/aromatic N) is 1. The first-order chi connectivity index (χ1) is 11.0. The van der Waals surface area contributed by atoms with Crippen molar-refractivity contribution in [1.29, 1.82) is 0 Å². The molecule has 1 N–H and O–H groups in total. The largest absolute Gasteiger partial charge is 0.460 e. The first-order valence-electron chi connectivity index (χ1n) is 6.69. The van der Waals surface area contributed by atoms with Gasteiger partial charge in [-0.25, -0.2) is 0 Å². The molecule has 7 nitrogen and oxygen atoms in total. The molecule has 8 heteroatoms. The van der Waals surface area contributed by atoms with Gasteiger partial charge in [-0.1, -0.05) is 0 Å². The molecule has 0 unspecified atom stereocenters. The molecule has 0 aliphatic heterocycles. The number of non-ortho nitro benzene ring substituents is 1. The molecule has 2 aromatic rings. The van der Waals surface area contributed by atoms with Crippen molar-refractivity contribution in [3.05, 3.63) is 61.8 Å². The highest BCUT2D eigenvalue weighted by molar-refractivity contribution is 7.13. The number of nitro benzene ring substituents is 1. The lowest BCUT2D eigenvalue weighted by molar-refractivity contribution is -0.384. The Morgan fingerprint density at radius 2 is 1.91 bits per heavy atom. The number of nitrogens with one attached hydrogen (secondary N) is 1. The Kier molecular flexibility index (Phi) is 5.42. The molecule has 0 fully saturated rings. The van der Waals surface area contributed by atoms with E-state index in [0.29, 0.717) is 10.4 Å². The second-order valence-electron chi connectivity index (χ2n) is 4.68. The molecule has 0 saturated heterocycles. The van der Waals surface area contributed by atoms with Crippen LogP contribution in [0.3, 0.4) is 0 Å². The third-order valence-electron chi connectivity index (χ3n) is 2.90. The molecule has 0 aliphatic rings. The van der Waals surface area contributed by atoms with Gasteiger partial charge in [-0.05, 0) is 36.8 Å². The van der Waals surface area contributed by atoms with Crippen LogP contribution in [0.5, 0.6) is 0 Å². The van der Waals surface area contributed by atoms with Gasteiger partial charge < -0.3 is 10.1 Å². The molecular formula is C15H14N2O5S. The third-order valence-corrected chi connectivity index (χ3v) is 3.90. The zero-order chi connectivity index (χ0) is 16.8. The van der Waals surface area contributed by atoms with Crippen molar-refractivity contribution in [3.8, 4) is 0 Å². The number of thiophene rings is 1. The molecule has 0 saturated carbocycles. The summed E-state index contributed by atoms with van der Waals surface area (Å²) in [5.74, 6) is -0.902. The van der Waals surface area contributed by atoms with E-state index in [4.69, 9.17) is 4.74 Å². The molecule has 0 bridgehead atoms. The number of ether oxygens (including phenoxy) is 1. The van der Waals surface area contributed by atoms with Crippen molar-refractivity contribution < 1.29 is 19.2 Å². The third kappa shape index (κ3) is 4.89. The fraction of sp³-hybridized carbons (Fsp3) is 0.200. The highest BCUT2D eigenvalue weighted by atomic mass is 32.1. The van der Waals surface area contributed by atoms with Crippen molar-refractivity contribution in [1.82, 2.24) is 5.32 Å². The molecule has 0 aliphatic carbocycles. The van der Waals surface area contributed by atoms with Crippen LogP contribution in [0.25, 0.3) is 0 Å². The number of hydrogen-bond acceptors (Lipinski definition) is 6. The lowest BCUT2D eigenvalue weighted by Crippen LogP contribution is -2.30. The fourth-order valence-electron chi connectivity index (χ4n) is 1.72. The minimum Gasteiger partial charge on any atom is -0.460 e. The van der Waals surface area contributed by atoms with Crippen LogP contribution in [-0.2, 0) is 16.1 Å². The van der Waals surface area contributed by atoms with Crippen LogP contribution in [-0.4, -0.2) is 23.3 Å². The number of carbonyl (C=O) groups excluding carboxylic acids is 2. The lowest BCUT2D eigenvalue weighted by Gasteiger charge is -2.06. The maximum atomic E-state index is 11.8. The first-order valence-corrected chi connectivity index (χ1v) is 7.51. The molecular weight excluding hydrogens is 320 g/mol. The minimum atomic E-state index is -0.579. The summed E-state index contributed by atoms with van der Waals surface area (Å²) >= 11 is 1.34. The van der Waals surface area contributed by atoms with E-state index in [2.05, 4.69) is 5.32 Å². The molecule has 1 amide bonds. The monoisotopic (exact) mass is 334 g/mol. The average molecular weight is 334 g/mol. The second kappa shape index (κ2) is 7.50. The smallest absolute Gasteiger partial charge is 0.325 e. The van der Waals surface area contributed by atoms with Crippen LogP contribution in [0.15, 0.2) is 36.4 Å². The van der Waals surface area contributed by atoms with Crippen LogP contribution >= 0.6 is 11.3 Å². The Morgan fingerprint density at radius 3 is 2.48 bits per heavy atom. The van der Waals surface area contributed by atoms with Gasteiger partial charge in [-0.15, -0.1) is 11.3 Å². The van der Waals surface area contributed by atoms with Gasteiger partial charge in [0.25, 0.3) is 11.6 Å². The highest BCUT2D eigenvalue weighted by Crippen LogP contribution is 2.14. The van der Waals surface area contributed by atoms with Crippen LogP contribution in [0, 0.1) is 17.0 Å². The average Bonchev–Trinajstić information content (AvgIpc) is 2.97. The summed E-state index contributed by atoms with van der Waals surface area (Å²) in [6.07, 6.45) is 0. The number of aryl methyl sites for hydroxylation is 1.